The fourth-order valence-corrected chi connectivity index (χ4v) is 2.24. The third kappa shape index (κ3) is 2.51. The Bertz CT molecular complexity index is 688. The molecule has 2 heterocycles. The Morgan fingerprint density at radius 3 is 2.89 bits per heavy atom. The summed E-state index contributed by atoms with van der Waals surface area (Å²) in [6.07, 6.45) is 2.54. The van der Waals surface area contributed by atoms with Crippen LogP contribution in [0.1, 0.15) is 17.0 Å². The summed E-state index contributed by atoms with van der Waals surface area (Å²) in [7, 11) is 1.92. The van der Waals surface area contributed by atoms with Gasteiger partial charge >= 0.3 is 0 Å². The predicted molar refractivity (Wildman–Crippen MR) is 76.0 cm³/mol. The Hall–Kier alpha value is -2.13. The van der Waals surface area contributed by atoms with Gasteiger partial charge in [0.2, 0.25) is 0 Å². The summed E-state index contributed by atoms with van der Waals surface area (Å²) in [6.45, 7) is 0.746. The zero-order chi connectivity index (χ0) is 13.1. The van der Waals surface area contributed by atoms with Crippen molar-refractivity contribution in [3.8, 4) is 0 Å². The molecule has 1 N–H and O–H groups in total. The minimum absolute atomic E-state index is 0.746. The standard InChI is InChI=1S/C16H16N2O/c1-17-11-16-13(8-9-19-16)10-14-7-6-12-4-2-3-5-15(12)18-14/h2-9,17H,10-11H2,1H3. The van der Waals surface area contributed by atoms with Crippen molar-refractivity contribution in [3.05, 3.63) is 65.7 Å². The van der Waals surface area contributed by atoms with Gasteiger partial charge < -0.3 is 9.73 Å². The van der Waals surface area contributed by atoms with E-state index in [9.17, 15) is 0 Å². The lowest BCUT2D eigenvalue weighted by Gasteiger charge is -2.04. The van der Waals surface area contributed by atoms with Crippen molar-refractivity contribution in [2.45, 2.75) is 13.0 Å². The Labute approximate surface area is 112 Å². The van der Waals surface area contributed by atoms with Gasteiger partial charge in [-0.25, -0.2) is 0 Å². The van der Waals surface area contributed by atoms with Crippen molar-refractivity contribution in [3.63, 3.8) is 0 Å². The Kier molecular flexibility index (Phi) is 3.29. The van der Waals surface area contributed by atoms with Crippen LogP contribution in [0.5, 0.6) is 0 Å². The lowest BCUT2D eigenvalue weighted by molar-refractivity contribution is 0.491. The number of hydrogen-bond acceptors (Lipinski definition) is 3. The molecule has 3 aromatic rings. The fraction of sp³-hybridized carbons (Fsp3) is 0.188. The number of hydrogen-bond donors (Lipinski definition) is 1. The molecule has 0 fully saturated rings. The summed E-state index contributed by atoms with van der Waals surface area (Å²) in [5.41, 5.74) is 3.30. The van der Waals surface area contributed by atoms with Crippen molar-refractivity contribution in [1.82, 2.24) is 10.3 Å². The van der Waals surface area contributed by atoms with Gasteiger partial charge in [-0.05, 0) is 25.2 Å². The van der Waals surface area contributed by atoms with E-state index in [-0.39, 0.29) is 0 Å². The molecule has 1 aromatic carbocycles. The van der Waals surface area contributed by atoms with Gasteiger partial charge in [0, 0.05) is 23.1 Å². The predicted octanol–water partition coefficient (Wildman–Crippen LogP) is 3.14. The number of fused-ring (bicyclic) bond motifs is 1. The number of nitrogens with zero attached hydrogens (tertiary/aromatic N) is 1. The highest BCUT2D eigenvalue weighted by atomic mass is 16.3. The molecule has 2 aromatic heterocycles. The fourth-order valence-electron chi connectivity index (χ4n) is 2.24. The van der Waals surface area contributed by atoms with Gasteiger partial charge in [-0.15, -0.1) is 0 Å². The highest BCUT2D eigenvalue weighted by Crippen LogP contribution is 2.17. The molecule has 3 nitrogen and oxygen atoms in total. The summed E-state index contributed by atoms with van der Waals surface area (Å²) < 4.78 is 5.47. The van der Waals surface area contributed by atoms with E-state index in [0.29, 0.717) is 0 Å². The van der Waals surface area contributed by atoms with Crippen molar-refractivity contribution >= 4 is 10.9 Å². The molecule has 0 bridgehead atoms. The number of rotatable bonds is 4. The largest absolute Gasteiger partial charge is 0.468 e. The van der Waals surface area contributed by atoms with E-state index in [1.165, 1.54) is 10.9 Å². The second-order valence-corrected chi connectivity index (χ2v) is 4.57. The third-order valence-corrected chi connectivity index (χ3v) is 3.20. The van der Waals surface area contributed by atoms with E-state index in [1.807, 2.05) is 31.3 Å². The van der Waals surface area contributed by atoms with Gasteiger partial charge in [0.15, 0.2) is 0 Å². The van der Waals surface area contributed by atoms with Crippen LogP contribution >= 0.6 is 0 Å². The van der Waals surface area contributed by atoms with E-state index in [4.69, 9.17) is 4.42 Å². The highest BCUT2D eigenvalue weighted by molar-refractivity contribution is 5.78. The van der Waals surface area contributed by atoms with Gasteiger partial charge in [-0.3, -0.25) is 4.98 Å². The van der Waals surface area contributed by atoms with Crippen LogP contribution in [-0.2, 0) is 13.0 Å². The molecule has 0 saturated carbocycles. The molecule has 0 spiro atoms. The molecule has 0 saturated heterocycles. The molecule has 0 aliphatic carbocycles. The van der Waals surface area contributed by atoms with Gasteiger partial charge in [0.1, 0.15) is 5.76 Å². The van der Waals surface area contributed by atoms with Crippen LogP contribution in [0.25, 0.3) is 10.9 Å². The zero-order valence-electron chi connectivity index (χ0n) is 10.9. The van der Waals surface area contributed by atoms with Crippen LogP contribution < -0.4 is 5.32 Å². The van der Waals surface area contributed by atoms with Crippen LogP contribution in [0.2, 0.25) is 0 Å². The number of pyridine rings is 1. The third-order valence-electron chi connectivity index (χ3n) is 3.20. The van der Waals surface area contributed by atoms with Gasteiger partial charge in [0.25, 0.3) is 0 Å². The zero-order valence-corrected chi connectivity index (χ0v) is 10.9. The first kappa shape index (κ1) is 11.9. The number of aromatic nitrogens is 1. The smallest absolute Gasteiger partial charge is 0.121 e. The molecule has 0 aliphatic rings. The first-order valence-electron chi connectivity index (χ1n) is 6.41. The van der Waals surface area contributed by atoms with Gasteiger partial charge in [-0.1, -0.05) is 24.3 Å². The molecule has 0 amide bonds. The summed E-state index contributed by atoms with van der Waals surface area (Å²) in [5, 5.41) is 4.29. The van der Waals surface area contributed by atoms with E-state index >= 15 is 0 Å². The first-order chi connectivity index (χ1) is 9.36. The maximum atomic E-state index is 5.47. The Balaban J connectivity index is 1.90. The van der Waals surface area contributed by atoms with Crippen LogP contribution in [0.3, 0.4) is 0 Å². The second kappa shape index (κ2) is 5.24. The first-order valence-corrected chi connectivity index (χ1v) is 6.41. The van der Waals surface area contributed by atoms with Crippen molar-refractivity contribution in [2.24, 2.45) is 0 Å². The molecule has 96 valence electrons. The lowest BCUT2D eigenvalue weighted by atomic mass is 10.1. The maximum Gasteiger partial charge on any atom is 0.121 e. The Morgan fingerprint density at radius 2 is 2.00 bits per heavy atom. The minimum atomic E-state index is 0.746. The highest BCUT2D eigenvalue weighted by Gasteiger charge is 2.07. The van der Waals surface area contributed by atoms with Crippen LogP contribution in [0, 0.1) is 0 Å². The number of furan rings is 1. The number of nitrogens with one attached hydrogen (secondary N) is 1. The summed E-state index contributed by atoms with van der Waals surface area (Å²) in [5.74, 6) is 0.984. The summed E-state index contributed by atoms with van der Waals surface area (Å²) >= 11 is 0. The van der Waals surface area contributed by atoms with E-state index < -0.39 is 0 Å². The summed E-state index contributed by atoms with van der Waals surface area (Å²) in [6, 6.07) is 14.4. The molecule has 19 heavy (non-hydrogen) atoms. The Morgan fingerprint density at radius 1 is 1.11 bits per heavy atom. The maximum absolute atomic E-state index is 5.47. The average Bonchev–Trinajstić information content (AvgIpc) is 2.86. The normalized spacial score (nSPS) is 11.0. The lowest BCUT2D eigenvalue weighted by Crippen LogP contribution is -2.06. The number of para-hydroxylation sites is 1. The van der Waals surface area contributed by atoms with Crippen molar-refractivity contribution in [2.75, 3.05) is 7.05 Å². The SMILES string of the molecule is CNCc1occc1Cc1ccc2ccccc2n1. The molecule has 3 heteroatoms. The average molecular weight is 252 g/mol. The van der Waals surface area contributed by atoms with Gasteiger partial charge in [0.05, 0.1) is 18.3 Å². The van der Waals surface area contributed by atoms with E-state index in [0.717, 1.165) is 29.9 Å². The van der Waals surface area contributed by atoms with E-state index in [1.54, 1.807) is 6.26 Å². The van der Waals surface area contributed by atoms with Crippen LogP contribution in [0.4, 0.5) is 0 Å². The molecular weight excluding hydrogens is 236 g/mol. The van der Waals surface area contributed by atoms with Crippen LogP contribution in [0.15, 0.2) is 53.1 Å². The molecule has 3 rings (SSSR count). The van der Waals surface area contributed by atoms with Crippen molar-refractivity contribution < 1.29 is 4.42 Å². The minimum Gasteiger partial charge on any atom is -0.468 e. The molecule has 0 radical (unpaired) electrons. The second-order valence-electron chi connectivity index (χ2n) is 4.57. The topological polar surface area (TPSA) is 38.1 Å². The molecule has 0 unspecified atom stereocenters. The van der Waals surface area contributed by atoms with Crippen LogP contribution in [-0.4, -0.2) is 12.0 Å². The summed E-state index contributed by atoms with van der Waals surface area (Å²) in [4.78, 5) is 4.69. The monoisotopic (exact) mass is 252 g/mol. The molecule has 0 atom stereocenters. The van der Waals surface area contributed by atoms with Crippen molar-refractivity contribution in [1.29, 1.82) is 0 Å². The molecule has 0 aliphatic heterocycles. The number of benzene rings is 1. The van der Waals surface area contributed by atoms with Gasteiger partial charge in [-0.2, -0.15) is 0 Å². The molecular formula is C16H16N2O. The van der Waals surface area contributed by atoms with E-state index in [2.05, 4.69) is 28.5 Å². The quantitative estimate of drug-likeness (QED) is 0.775.